The summed E-state index contributed by atoms with van der Waals surface area (Å²) in [6.45, 7) is 9.62. The van der Waals surface area contributed by atoms with Gasteiger partial charge < -0.3 is 9.67 Å². The second-order valence-corrected chi connectivity index (χ2v) is 6.58. The molecule has 0 spiro atoms. The molecule has 1 aromatic carbocycles. The third-order valence-electron chi connectivity index (χ3n) is 3.57. The largest absolute Gasteiger partial charge is 0.481 e. The van der Waals surface area contributed by atoms with Gasteiger partial charge in [-0.2, -0.15) is 0 Å². The van der Waals surface area contributed by atoms with Gasteiger partial charge in [-0.15, -0.1) is 0 Å². The molecular formula is C17H24N2O2. The van der Waals surface area contributed by atoms with Gasteiger partial charge in [0.25, 0.3) is 0 Å². The fourth-order valence-electron chi connectivity index (χ4n) is 2.58. The number of aromatic nitrogens is 2. The number of rotatable bonds is 5. The van der Waals surface area contributed by atoms with Crippen molar-refractivity contribution in [2.45, 2.75) is 58.9 Å². The van der Waals surface area contributed by atoms with E-state index in [0.717, 1.165) is 41.8 Å². The molecule has 0 saturated carbocycles. The average Bonchev–Trinajstić information content (AvgIpc) is 2.73. The number of carboxylic acids is 1. The lowest BCUT2D eigenvalue weighted by molar-refractivity contribution is -0.136. The molecule has 4 nitrogen and oxygen atoms in total. The Balaban J connectivity index is 2.53. The minimum atomic E-state index is -0.809. The van der Waals surface area contributed by atoms with Crippen molar-refractivity contribution in [2.75, 3.05) is 0 Å². The van der Waals surface area contributed by atoms with Crippen molar-refractivity contribution in [1.29, 1.82) is 0 Å². The summed E-state index contributed by atoms with van der Waals surface area (Å²) in [6, 6.07) is 5.81. The quantitative estimate of drug-likeness (QED) is 0.911. The molecule has 1 heterocycles. The molecule has 0 aliphatic rings. The molecule has 0 saturated heterocycles. The van der Waals surface area contributed by atoms with Gasteiger partial charge in [-0.1, -0.05) is 40.2 Å². The van der Waals surface area contributed by atoms with E-state index in [1.54, 1.807) is 0 Å². The Kier molecular flexibility index (Phi) is 4.35. The highest BCUT2D eigenvalue weighted by Crippen LogP contribution is 2.27. The van der Waals surface area contributed by atoms with Crippen LogP contribution < -0.4 is 0 Å². The zero-order chi connectivity index (χ0) is 15.6. The molecule has 0 amide bonds. The van der Waals surface area contributed by atoms with Gasteiger partial charge in [0.05, 0.1) is 17.5 Å². The van der Waals surface area contributed by atoms with Crippen LogP contribution in [0.15, 0.2) is 18.2 Å². The summed E-state index contributed by atoms with van der Waals surface area (Å²) in [5.74, 6) is 0.259. The van der Waals surface area contributed by atoms with Crippen molar-refractivity contribution in [1.82, 2.24) is 9.55 Å². The Labute approximate surface area is 125 Å². The Morgan fingerprint density at radius 1 is 1.33 bits per heavy atom. The average molecular weight is 288 g/mol. The highest BCUT2D eigenvalue weighted by molar-refractivity contribution is 5.79. The molecule has 1 aromatic heterocycles. The molecule has 0 unspecified atom stereocenters. The molecule has 21 heavy (non-hydrogen) atoms. The Hall–Kier alpha value is -1.84. The predicted molar refractivity (Wildman–Crippen MR) is 84.7 cm³/mol. The molecule has 1 N–H and O–H groups in total. The molecule has 0 aliphatic carbocycles. The molecule has 0 aliphatic heterocycles. The molecule has 0 atom stereocenters. The first-order valence-corrected chi connectivity index (χ1v) is 7.54. The summed E-state index contributed by atoms with van der Waals surface area (Å²) >= 11 is 0. The molecule has 0 radical (unpaired) electrons. The molecule has 114 valence electrons. The van der Waals surface area contributed by atoms with Crippen LogP contribution in [0.1, 0.15) is 51.9 Å². The molecule has 0 bridgehead atoms. The van der Waals surface area contributed by atoms with Crippen LogP contribution in [0.2, 0.25) is 0 Å². The number of aryl methyl sites for hydroxylation is 1. The highest BCUT2D eigenvalue weighted by atomic mass is 16.4. The van der Waals surface area contributed by atoms with E-state index in [0.29, 0.717) is 0 Å². The number of imidazole rings is 1. The maximum atomic E-state index is 10.9. The number of aliphatic carboxylic acids is 1. The van der Waals surface area contributed by atoms with Crippen LogP contribution in [0.4, 0.5) is 0 Å². The zero-order valence-corrected chi connectivity index (χ0v) is 13.3. The first kappa shape index (κ1) is 15.5. The van der Waals surface area contributed by atoms with Gasteiger partial charge in [-0.25, -0.2) is 4.98 Å². The number of carbonyl (C=O) groups is 1. The second kappa shape index (κ2) is 5.88. The van der Waals surface area contributed by atoms with E-state index in [1.807, 2.05) is 18.2 Å². The maximum Gasteiger partial charge on any atom is 0.307 e. The molecular weight excluding hydrogens is 264 g/mol. The van der Waals surface area contributed by atoms with Crippen LogP contribution in [0.25, 0.3) is 11.0 Å². The Morgan fingerprint density at radius 2 is 2.05 bits per heavy atom. The van der Waals surface area contributed by atoms with Gasteiger partial charge in [0.1, 0.15) is 5.82 Å². The Morgan fingerprint density at radius 3 is 2.62 bits per heavy atom. The molecule has 2 rings (SSSR count). The molecule has 2 aromatic rings. The van der Waals surface area contributed by atoms with Gasteiger partial charge in [0.15, 0.2) is 0 Å². The first-order chi connectivity index (χ1) is 9.82. The van der Waals surface area contributed by atoms with Gasteiger partial charge >= 0.3 is 5.97 Å². The fraction of sp³-hybridized carbons (Fsp3) is 0.529. The maximum absolute atomic E-state index is 10.9. The third kappa shape index (κ3) is 3.43. The lowest BCUT2D eigenvalue weighted by atomic mass is 9.95. The number of nitrogens with zero attached hydrogens (tertiary/aromatic N) is 2. The first-order valence-electron chi connectivity index (χ1n) is 7.54. The van der Waals surface area contributed by atoms with Crippen LogP contribution in [0, 0.1) is 0 Å². The van der Waals surface area contributed by atoms with E-state index in [4.69, 9.17) is 10.1 Å². The minimum absolute atomic E-state index is 0.0281. The van der Waals surface area contributed by atoms with E-state index in [2.05, 4.69) is 32.3 Å². The zero-order valence-electron chi connectivity index (χ0n) is 13.3. The fourth-order valence-corrected chi connectivity index (χ4v) is 2.58. The van der Waals surface area contributed by atoms with Crippen molar-refractivity contribution in [3.63, 3.8) is 0 Å². The number of benzene rings is 1. The smallest absolute Gasteiger partial charge is 0.307 e. The minimum Gasteiger partial charge on any atom is -0.481 e. The van der Waals surface area contributed by atoms with Crippen LogP contribution in [-0.2, 0) is 23.2 Å². The van der Waals surface area contributed by atoms with E-state index in [-0.39, 0.29) is 11.8 Å². The lowest BCUT2D eigenvalue weighted by Crippen LogP contribution is -2.19. The molecule has 0 fully saturated rings. The van der Waals surface area contributed by atoms with Crippen molar-refractivity contribution in [3.8, 4) is 0 Å². The Bertz CT molecular complexity index is 651. The van der Waals surface area contributed by atoms with Crippen LogP contribution in [-0.4, -0.2) is 20.6 Å². The highest BCUT2D eigenvalue weighted by Gasteiger charge is 2.22. The lowest BCUT2D eigenvalue weighted by Gasteiger charge is -2.20. The SMILES string of the molecule is CCCCn1c(C(C)(C)C)nc2cc(CC(=O)O)ccc21. The standard InChI is InChI=1S/C17H24N2O2/c1-5-6-9-19-14-8-7-12(11-15(20)21)10-13(14)18-16(19)17(2,3)4/h7-8,10H,5-6,9,11H2,1-4H3,(H,20,21). The number of carboxylic acid groups (broad SMARTS) is 1. The summed E-state index contributed by atoms with van der Waals surface area (Å²) in [5, 5.41) is 8.92. The van der Waals surface area contributed by atoms with Gasteiger partial charge in [-0.05, 0) is 24.1 Å². The summed E-state index contributed by atoms with van der Waals surface area (Å²) in [6.07, 6.45) is 2.30. The van der Waals surface area contributed by atoms with Crippen LogP contribution >= 0.6 is 0 Å². The van der Waals surface area contributed by atoms with Crippen molar-refractivity contribution >= 4 is 17.0 Å². The van der Waals surface area contributed by atoms with Crippen LogP contribution in [0.3, 0.4) is 0 Å². The van der Waals surface area contributed by atoms with Gasteiger partial charge in [0, 0.05) is 12.0 Å². The van der Waals surface area contributed by atoms with Crippen molar-refractivity contribution in [2.24, 2.45) is 0 Å². The summed E-state index contributed by atoms with van der Waals surface area (Å²) < 4.78 is 2.28. The van der Waals surface area contributed by atoms with E-state index < -0.39 is 5.97 Å². The number of hydrogen-bond acceptors (Lipinski definition) is 2. The number of unbranched alkanes of at least 4 members (excludes halogenated alkanes) is 1. The van der Waals surface area contributed by atoms with E-state index in [9.17, 15) is 4.79 Å². The number of hydrogen-bond donors (Lipinski definition) is 1. The third-order valence-corrected chi connectivity index (χ3v) is 3.57. The van der Waals surface area contributed by atoms with E-state index in [1.165, 1.54) is 0 Å². The summed E-state index contributed by atoms with van der Waals surface area (Å²) in [4.78, 5) is 15.6. The van der Waals surface area contributed by atoms with Crippen molar-refractivity contribution in [3.05, 3.63) is 29.6 Å². The van der Waals surface area contributed by atoms with Crippen LogP contribution in [0.5, 0.6) is 0 Å². The summed E-state index contributed by atoms with van der Waals surface area (Å²) in [7, 11) is 0. The monoisotopic (exact) mass is 288 g/mol. The number of fused-ring (bicyclic) bond motifs is 1. The van der Waals surface area contributed by atoms with E-state index >= 15 is 0 Å². The second-order valence-electron chi connectivity index (χ2n) is 6.58. The normalized spacial score (nSPS) is 12.0. The van der Waals surface area contributed by atoms with Gasteiger partial charge in [-0.3, -0.25) is 4.79 Å². The molecule has 4 heteroatoms. The predicted octanol–water partition coefficient (Wildman–Crippen LogP) is 3.76. The van der Waals surface area contributed by atoms with Crippen molar-refractivity contribution < 1.29 is 9.90 Å². The van der Waals surface area contributed by atoms with Gasteiger partial charge in [0.2, 0.25) is 0 Å². The summed E-state index contributed by atoms with van der Waals surface area (Å²) in [5.41, 5.74) is 2.77. The topological polar surface area (TPSA) is 55.1 Å².